The van der Waals surface area contributed by atoms with Gasteiger partial charge in [-0.3, -0.25) is 10.1 Å². The van der Waals surface area contributed by atoms with Crippen LogP contribution >= 0.6 is 11.6 Å². The van der Waals surface area contributed by atoms with Gasteiger partial charge in [-0.2, -0.15) is 0 Å². The van der Waals surface area contributed by atoms with E-state index in [1.165, 1.54) is 0 Å². The topological polar surface area (TPSA) is 105 Å². The molecule has 0 aromatic heterocycles. The molecule has 0 atom stereocenters. The average molecular weight is 301 g/mol. The number of carbonyl (C=O) groups is 3. The van der Waals surface area contributed by atoms with Crippen LogP contribution in [0, 0.1) is 0 Å². The molecule has 108 valence electrons. The Bertz CT molecular complexity index is 506. The van der Waals surface area contributed by atoms with Gasteiger partial charge in [-0.15, -0.1) is 0 Å². The summed E-state index contributed by atoms with van der Waals surface area (Å²) in [6.07, 6.45) is 0. The van der Waals surface area contributed by atoms with Crippen LogP contribution in [0.5, 0.6) is 0 Å². The van der Waals surface area contributed by atoms with Gasteiger partial charge in [0.1, 0.15) is 13.2 Å². The van der Waals surface area contributed by atoms with Crippen LogP contribution in [0.1, 0.15) is 5.56 Å². The van der Waals surface area contributed by atoms with Gasteiger partial charge in [0.2, 0.25) is 0 Å². The van der Waals surface area contributed by atoms with Gasteiger partial charge in [0.05, 0.1) is 0 Å². The Hall–Kier alpha value is -2.12. The van der Waals surface area contributed by atoms with Crippen LogP contribution in [0.25, 0.3) is 0 Å². The van der Waals surface area contributed by atoms with E-state index >= 15 is 0 Å². The number of hydrogen-bond donors (Lipinski definition) is 3. The first kappa shape index (κ1) is 15.9. The lowest BCUT2D eigenvalue weighted by Crippen LogP contribution is -2.41. The first-order valence-corrected chi connectivity index (χ1v) is 5.97. The number of halogens is 1. The monoisotopic (exact) mass is 300 g/mol. The molecule has 0 bridgehead atoms. The number of benzene rings is 1. The van der Waals surface area contributed by atoms with E-state index in [0.717, 1.165) is 5.56 Å². The molecule has 1 rings (SSSR count). The number of aliphatic carboxylic acids is 1. The summed E-state index contributed by atoms with van der Waals surface area (Å²) >= 11 is 5.78. The number of carbonyl (C=O) groups excluding carboxylic acids is 2. The number of ether oxygens (including phenoxy) is 1. The Morgan fingerprint density at radius 1 is 1.25 bits per heavy atom. The van der Waals surface area contributed by atoms with Crippen molar-refractivity contribution < 1.29 is 24.2 Å². The molecule has 0 aliphatic rings. The van der Waals surface area contributed by atoms with Gasteiger partial charge < -0.3 is 15.2 Å². The maximum absolute atomic E-state index is 11.4. The summed E-state index contributed by atoms with van der Waals surface area (Å²) in [6, 6.07) is 6.19. The molecule has 7 nitrogen and oxygen atoms in total. The van der Waals surface area contributed by atoms with E-state index in [9.17, 15) is 14.4 Å². The van der Waals surface area contributed by atoms with Crippen LogP contribution < -0.4 is 10.6 Å². The molecule has 8 heteroatoms. The summed E-state index contributed by atoms with van der Waals surface area (Å²) < 4.78 is 4.53. The van der Waals surface area contributed by atoms with Gasteiger partial charge in [-0.25, -0.2) is 9.59 Å². The van der Waals surface area contributed by atoms with E-state index < -0.39 is 31.1 Å². The number of carboxylic acid groups (broad SMARTS) is 1. The third-order valence-corrected chi connectivity index (χ3v) is 2.29. The van der Waals surface area contributed by atoms with Crippen molar-refractivity contribution in [3.05, 3.63) is 34.9 Å². The molecule has 0 radical (unpaired) electrons. The van der Waals surface area contributed by atoms with Crippen molar-refractivity contribution in [3.63, 3.8) is 0 Å². The second-order valence-corrected chi connectivity index (χ2v) is 4.18. The van der Waals surface area contributed by atoms with Crippen molar-refractivity contribution in [2.45, 2.75) is 6.54 Å². The molecule has 1 aromatic rings. The number of rotatable bonds is 6. The summed E-state index contributed by atoms with van der Waals surface area (Å²) in [7, 11) is 0. The minimum atomic E-state index is -1.19. The van der Waals surface area contributed by atoms with E-state index in [-0.39, 0.29) is 6.54 Å². The highest BCUT2D eigenvalue weighted by Crippen LogP contribution is 2.09. The maximum Gasteiger partial charge on any atom is 0.329 e. The quantitative estimate of drug-likeness (QED) is 0.719. The molecule has 0 spiro atoms. The van der Waals surface area contributed by atoms with Gasteiger partial charge in [-0.1, -0.05) is 23.7 Å². The first-order valence-electron chi connectivity index (χ1n) is 5.59. The minimum Gasteiger partial charge on any atom is -0.480 e. The van der Waals surface area contributed by atoms with Gasteiger partial charge in [-0.05, 0) is 17.7 Å². The number of imide groups is 1. The highest BCUT2D eigenvalue weighted by molar-refractivity contribution is 6.30. The van der Waals surface area contributed by atoms with Crippen LogP contribution in [0.15, 0.2) is 24.3 Å². The van der Waals surface area contributed by atoms with E-state index in [0.29, 0.717) is 5.02 Å². The Balaban J connectivity index is 2.26. The SMILES string of the molecule is O=C(O)COCC(=O)NC(=O)NCc1cccc(Cl)c1. The predicted molar refractivity (Wildman–Crippen MR) is 70.3 cm³/mol. The molecule has 0 aliphatic heterocycles. The van der Waals surface area contributed by atoms with E-state index in [4.69, 9.17) is 16.7 Å². The molecule has 1 aromatic carbocycles. The molecule has 0 fully saturated rings. The summed E-state index contributed by atoms with van der Waals surface area (Å²) in [6.45, 7) is -0.899. The van der Waals surface area contributed by atoms with Gasteiger partial charge >= 0.3 is 12.0 Å². The number of amides is 3. The first-order chi connectivity index (χ1) is 9.47. The fourth-order valence-corrected chi connectivity index (χ4v) is 1.48. The van der Waals surface area contributed by atoms with Crippen molar-refractivity contribution in [2.24, 2.45) is 0 Å². The zero-order chi connectivity index (χ0) is 15.0. The van der Waals surface area contributed by atoms with Crippen LogP contribution in [0.3, 0.4) is 0 Å². The molecule has 3 N–H and O–H groups in total. The van der Waals surface area contributed by atoms with E-state index in [1.807, 2.05) is 5.32 Å². The van der Waals surface area contributed by atoms with E-state index in [2.05, 4.69) is 10.1 Å². The second-order valence-electron chi connectivity index (χ2n) is 3.75. The third-order valence-electron chi connectivity index (χ3n) is 2.05. The summed E-state index contributed by atoms with van der Waals surface area (Å²) in [5, 5.41) is 13.3. The number of urea groups is 1. The Labute approximate surface area is 119 Å². The van der Waals surface area contributed by atoms with Crippen LogP contribution in [-0.4, -0.2) is 36.2 Å². The lowest BCUT2D eigenvalue weighted by atomic mass is 10.2. The van der Waals surface area contributed by atoms with Crippen molar-refractivity contribution in [1.82, 2.24) is 10.6 Å². The molecule has 20 heavy (non-hydrogen) atoms. The molecule has 3 amide bonds. The van der Waals surface area contributed by atoms with Crippen LogP contribution in [0.4, 0.5) is 4.79 Å². The molecule has 0 saturated heterocycles. The summed E-state index contributed by atoms with van der Waals surface area (Å²) in [5.74, 6) is -1.92. The van der Waals surface area contributed by atoms with Crippen molar-refractivity contribution in [1.29, 1.82) is 0 Å². The fourth-order valence-electron chi connectivity index (χ4n) is 1.27. The number of carboxylic acids is 1. The lowest BCUT2D eigenvalue weighted by molar-refractivity contribution is -0.143. The molecular weight excluding hydrogens is 288 g/mol. The normalized spacial score (nSPS) is 9.85. The average Bonchev–Trinajstić information content (AvgIpc) is 2.36. The Morgan fingerprint density at radius 2 is 2.00 bits per heavy atom. The van der Waals surface area contributed by atoms with Crippen molar-refractivity contribution in [2.75, 3.05) is 13.2 Å². The zero-order valence-corrected chi connectivity index (χ0v) is 11.1. The lowest BCUT2D eigenvalue weighted by Gasteiger charge is -2.07. The van der Waals surface area contributed by atoms with Crippen molar-refractivity contribution in [3.8, 4) is 0 Å². The molecule has 0 aliphatic carbocycles. The smallest absolute Gasteiger partial charge is 0.329 e. The highest BCUT2D eigenvalue weighted by atomic mass is 35.5. The second kappa shape index (κ2) is 8.13. The minimum absolute atomic E-state index is 0.204. The molecule has 0 saturated carbocycles. The Kier molecular flexibility index (Phi) is 6.48. The molecular formula is C12H13ClN2O5. The van der Waals surface area contributed by atoms with Gasteiger partial charge in [0.25, 0.3) is 5.91 Å². The standard InChI is InChI=1S/C12H13ClN2O5/c13-9-3-1-2-8(4-9)5-14-12(19)15-10(16)6-20-7-11(17)18/h1-4H,5-7H2,(H,17,18)(H2,14,15,16,19). The van der Waals surface area contributed by atoms with Crippen LogP contribution in [-0.2, 0) is 20.9 Å². The van der Waals surface area contributed by atoms with Crippen molar-refractivity contribution >= 4 is 29.5 Å². The van der Waals surface area contributed by atoms with Gasteiger partial charge in [0.15, 0.2) is 0 Å². The number of nitrogens with one attached hydrogen (secondary N) is 2. The predicted octanol–water partition coefficient (Wildman–Crippen LogP) is 0.767. The molecule has 0 heterocycles. The van der Waals surface area contributed by atoms with Gasteiger partial charge in [0, 0.05) is 11.6 Å². The maximum atomic E-state index is 11.4. The van der Waals surface area contributed by atoms with Crippen LogP contribution in [0.2, 0.25) is 5.02 Å². The molecule has 0 unspecified atom stereocenters. The fraction of sp³-hybridized carbons (Fsp3) is 0.250. The highest BCUT2D eigenvalue weighted by Gasteiger charge is 2.08. The largest absolute Gasteiger partial charge is 0.480 e. The summed E-state index contributed by atoms with van der Waals surface area (Å²) in [5.41, 5.74) is 0.780. The third kappa shape index (κ3) is 6.72. The van der Waals surface area contributed by atoms with E-state index in [1.54, 1.807) is 24.3 Å². The number of hydrogen-bond acceptors (Lipinski definition) is 4. The summed E-state index contributed by atoms with van der Waals surface area (Å²) in [4.78, 5) is 32.7. The Morgan fingerprint density at radius 3 is 2.65 bits per heavy atom. The zero-order valence-electron chi connectivity index (χ0n) is 10.4.